The first-order chi connectivity index (χ1) is 8.74. The number of carbonyl (C=O) groups is 1. The number of nitrogens with zero attached hydrogens (tertiary/aromatic N) is 2. The van der Waals surface area contributed by atoms with Gasteiger partial charge in [-0.3, -0.25) is 4.79 Å². The largest absolute Gasteiger partial charge is 0.359 e. The highest BCUT2D eigenvalue weighted by Gasteiger charge is 2.40. The van der Waals surface area contributed by atoms with Gasteiger partial charge in [0.15, 0.2) is 5.82 Å². The van der Waals surface area contributed by atoms with E-state index >= 15 is 0 Å². The Bertz CT molecular complexity index is 443. The van der Waals surface area contributed by atoms with Crippen molar-refractivity contribution >= 4 is 5.91 Å². The van der Waals surface area contributed by atoms with Crippen LogP contribution in [0.15, 0.2) is 4.52 Å². The highest BCUT2D eigenvalue weighted by Crippen LogP contribution is 2.49. The van der Waals surface area contributed by atoms with Crippen LogP contribution < -0.4 is 5.32 Å². The average molecular weight is 249 g/mol. The molecule has 5 heteroatoms. The van der Waals surface area contributed by atoms with Crippen LogP contribution in [-0.2, 0) is 17.6 Å². The topological polar surface area (TPSA) is 68.0 Å². The van der Waals surface area contributed by atoms with E-state index in [-0.39, 0.29) is 12.3 Å². The van der Waals surface area contributed by atoms with Gasteiger partial charge in [-0.05, 0) is 37.0 Å². The van der Waals surface area contributed by atoms with E-state index in [1.165, 1.54) is 25.7 Å². The summed E-state index contributed by atoms with van der Waals surface area (Å²) in [5.74, 6) is 3.64. The summed E-state index contributed by atoms with van der Waals surface area (Å²) in [6.45, 7) is 0. The molecule has 0 aliphatic heterocycles. The van der Waals surface area contributed by atoms with Gasteiger partial charge in [0.25, 0.3) is 0 Å². The second-order valence-corrected chi connectivity index (χ2v) is 5.59. The fourth-order valence-corrected chi connectivity index (χ4v) is 3.53. The Morgan fingerprint density at radius 1 is 1.44 bits per heavy atom. The molecule has 18 heavy (non-hydrogen) atoms. The van der Waals surface area contributed by atoms with Crippen molar-refractivity contribution in [1.29, 1.82) is 0 Å². The zero-order valence-electron chi connectivity index (χ0n) is 10.7. The Kier molecular flexibility index (Phi) is 3.06. The highest BCUT2D eigenvalue weighted by molar-refractivity contribution is 5.77. The van der Waals surface area contributed by atoms with Gasteiger partial charge >= 0.3 is 0 Å². The first kappa shape index (κ1) is 11.7. The van der Waals surface area contributed by atoms with Crippen LogP contribution in [0.1, 0.15) is 37.4 Å². The summed E-state index contributed by atoms with van der Waals surface area (Å²) in [5, 5.41) is 6.42. The van der Waals surface area contributed by atoms with Crippen molar-refractivity contribution in [2.45, 2.75) is 38.5 Å². The quantitative estimate of drug-likeness (QED) is 0.874. The highest BCUT2D eigenvalue weighted by atomic mass is 16.5. The van der Waals surface area contributed by atoms with Gasteiger partial charge in [0.1, 0.15) is 0 Å². The molecular weight excluding hydrogens is 230 g/mol. The third kappa shape index (κ3) is 2.26. The van der Waals surface area contributed by atoms with Crippen molar-refractivity contribution in [3.8, 4) is 0 Å². The summed E-state index contributed by atoms with van der Waals surface area (Å²) in [5.41, 5.74) is 0. The molecule has 0 saturated heterocycles. The summed E-state index contributed by atoms with van der Waals surface area (Å²) in [4.78, 5) is 15.5. The zero-order valence-corrected chi connectivity index (χ0v) is 10.7. The van der Waals surface area contributed by atoms with Crippen molar-refractivity contribution in [2.24, 2.45) is 17.8 Å². The Labute approximate surface area is 106 Å². The van der Waals surface area contributed by atoms with Crippen molar-refractivity contribution in [3.63, 3.8) is 0 Å². The molecule has 1 amide bonds. The molecule has 3 unspecified atom stereocenters. The lowest BCUT2D eigenvalue weighted by Gasteiger charge is -2.19. The Balaban J connectivity index is 1.58. The van der Waals surface area contributed by atoms with Crippen LogP contribution in [0.25, 0.3) is 0 Å². The molecule has 0 aromatic carbocycles. The molecule has 0 radical (unpaired) electrons. The molecule has 5 nitrogen and oxygen atoms in total. The van der Waals surface area contributed by atoms with Crippen LogP contribution in [-0.4, -0.2) is 23.1 Å². The summed E-state index contributed by atoms with van der Waals surface area (Å²) in [7, 11) is 1.61. The summed E-state index contributed by atoms with van der Waals surface area (Å²) < 4.78 is 5.24. The predicted molar refractivity (Wildman–Crippen MR) is 64.7 cm³/mol. The number of hydrogen-bond acceptors (Lipinski definition) is 4. The molecule has 2 bridgehead atoms. The van der Waals surface area contributed by atoms with E-state index in [1.54, 1.807) is 7.05 Å². The van der Waals surface area contributed by atoms with Crippen LogP contribution >= 0.6 is 0 Å². The van der Waals surface area contributed by atoms with Gasteiger partial charge in [-0.25, -0.2) is 0 Å². The molecule has 0 spiro atoms. The standard InChI is InChI=1S/C13H19N3O2/c1-14-12(17)7-11-15-13(18-16-11)6-10-5-8-2-3-9(10)4-8/h8-10H,2-7H2,1H3,(H,14,17). The maximum absolute atomic E-state index is 11.2. The number of aromatic nitrogens is 2. The summed E-state index contributed by atoms with van der Waals surface area (Å²) >= 11 is 0. The molecule has 2 fully saturated rings. The molecule has 1 heterocycles. The van der Waals surface area contributed by atoms with E-state index in [0.717, 1.165) is 24.2 Å². The number of likely N-dealkylation sites (N-methyl/N-ethyl adjacent to an activating group) is 1. The van der Waals surface area contributed by atoms with E-state index < -0.39 is 0 Å². The molecule has 98 valence electrons. The number of nitrogens with one attached hydrogen (secondary N) is 1. The van der Waals surface area contributed by atoms with E-state index in [9.17, 15) is 4.79 Å². The number of rotatable bonds is 4. The third-order valence-corrected chi connectivity index (χ3v) is 4.43. The monoisotopic (exact) mass is 249 g/mol. The van der Waals surface area contributed by atoms with Crippen molar-refractivity contribution < 1.29 is 9.32 Å². The second kappa shape index (κ2) is 4.71. The summed E-state index contributed by atoms with van der Waals surface area (Å²) in [6, 6.07) is 0. The van der Waals surface area contributed by atoms with E-state index in [1.807, 2.05) is 0 Å². The van der Waals surface area contributed by atoms with Crippen molar-refractivity contribution in [1.82, 2.24) is 15.5 Å². The van der Waals surface area contributed by atoms with Crippen LogP contribution in [0.4, 0.5) is 0 Å². The summed E-state index contributed by atoms with van der Waals surface area (Å²) in [6.07, 6.45) is 6.59. The van der Waals surface area contributed by atoms with Crippen LogP contribution in [0.3, 0.4) is 0 Å². The van der Waals surface area contributed by atoms with Gasteiger partial charge in [-0.2, -0.15) is 4.98 Å². The molecule has 2 aliphatic rings. The number of amides is 1. The predicted octanol–water partition coefficient (Wildman–Crippen LogP) is 1.34. The van der Waals surface area contributed by atoms with Crippen LogP contribution in [0, 0.1) is 17.8 Å². The SMILES string of the molecule is CNC(=O)Cc1noc(CC2CC3CCC2C3)n1. The van der Waals surface area contributed by atoms with Gasteiger partial charge in [0, 0.05) is 13.5 Å². The van der Waals surface area contributed by atoms with Gasteiger partial charge < -0.3 is 9.84 Å². The molecular formula is C13H19N3O2. The van der Waals surface area contributed by atoms with Crippen LogP contribution in [0.2, 0.25) is 0 Å². The third-order valence-electron chi connectivity index (χ3n) is 4.43. The Morgan fingerprint density at radius 3 is 3.00 bits per heavy atom. The minimum atomic E-state index is -0.0812. The van der Waals surface area contributed by atoms with Gasteiger partial charge in [0.05, 0.1) is 6.42 Å². The average Bonchev–Trinajstić information content (AvgIpc) is 3.06. The molecule has 1 N–H and O–H groups in total. The normalized spacial score (nSPS) is 29.7. The number of carbonyl (C=O) groups excluding carboxylic acids is 1. The fourth-order valence-electron chi connectivity index (χ4n) is 3.53. The molecule has 2 aliphatic carbocycles. The van der Waals surface area contributed by atoms with E-state index in [0.29, 0.717) is 11.7 Å². The molecule has 1 aromatic rings. The van der Waals surface area contributed by atoms with Gasteiger partial charge in [-0.1, -0.05) is 11.6 Å². The first-order valence-electron chi connectivity index (χ1n) is 6.76. The Hall–Kier alpha value is -1.39. The number of hydrogen-bond donors (Lipinski definition) is 1. The lowest BCUT2D eigenvalue weighted by Crippen LogP contribution is -2.20. The molecule has 2 saturated carbocycles. The fraction of sp³-hybridized carbons (Fsp3) is 0.769. The first-order valence-corrected chi connectivity index (χ1v) is 6.76. The minimum Gasteiger partial charge on any atom is -0.359 e. The number of fused-ring (bicyclic) bond motifs is 2. The zero-order chi connectivity index (χ0) is 12.5. The molecule has 3 rings (SSSR count). The van der Waals surface area contributed by atoms with E-state index in [4.69, 9.17) is 4.52 Å². The minimum absolute atomic E-state index is 0.0812. The maximum Gasteiger partial charge on any atom is 0.227 e. The van der Waals surface area contributed by atoms with Crippen LogP contribution in [0.5, 0.6) is 0 Å². The smallest absolute Gasteiger partial charge is 0.227 e. The van der Waals surface area contributed by atoms with Gasteiger partial charge in [0.2, 0.25) is 11.8 Å². The Morgan fingerprint density at radius 2 is 2.33 bits per heavy atom. The molecule has 3 atom stereocenters. The lowest BCUT2D eigenvalue weighted by molar-refractivity contribution is -0.120. The molecule has 1 aromatic heterocycles. The lowest BCUT2D eigenvalue weighted by atomic mass is 9.86. The van der Waals surface area contributed by atoms with Gasteiger partial charge in [-0.15, -0.1) is 0 Å². The van der Waals surface area contributed by atoms with Crippen molar-refractivity contribution in [3.05, 3.63) is 11.7 Å². The van der Waals surface area contributed by atoms with E-state index in [2.05, 4.69) is 15.5 Å². The van der Waals surface area contributed by atoms with Crippen molar-refractivity contribution in [2.75, 3.05) is 7.05 Å². The maximum atomic E-state index is 11.2. The second-order valence-electron chi connectivity index (χ2n) is 5.59.